The Hall–Kier alpha value is -4.86. The molecule has 0 unspecified atom stereocenters. The lowest BCUT2D eigenvalue weighted by Crippen LogP contribution is -2.38. The van der Waals surface area contributed by atoms with Crippen LogP contribution in [0.5, 0.6) is 0 Å². The Morgan fingerprint density at radius 1 is 1.05 bits per heavy atom. The minimum atomic E-state index is -1.28. The van der Waals surface area contributed by atoms with E-state index in [0.717, 1.165) is 40.6 Å². The zero-order valence-corrected chi connectivity index (χ0v) is 22.7. The number of amides is 2. The summed E-state index contributed by atoms with van der Waals surface area (Å²) in [6, 6.07) is 16.6. The Labute approximate surface area is 235 Å². The van der Waals surface area contributed by atoms with Crippen LogP contribution >= 0.6 is 0 Å². The first-order valence-electron chi connectivity index (χ1n) is 13.0. The summed E-state index contributed by atoms with van der Waals surface area (Å²) in [6.07, 6.45) is 0.529. The fourth-order valence-corrected chi connectivity index (χ4v) is 5.38. The second-order valence-electron chi connectivity index (χ2n) is 10.7. The van der Waals surface area contributed by atoms with Gasteiger partial charge in [-0.1, -0.05) is 50.2 Å². The van der Waals surface area contributed by atoms with Crippen molar-refractivity contribution in [1.82, 2.24) is 14.7 Å². The Morgan fingerprint density at radius 2 is 1.80 bits per heavy atom. The molecule has 210 valence electrons. The number of carboxylic acid groups (broad SMARTS) is 1. The van der Waals surface area contributed by atoms with Crippen molar-refractivity contribution >= 4 is 23.5 Å². The van der Waals surface area contributed by atoms with E-state index in [0.29, 0.717) is 12.0 Å². The molecular weight excluding hydrogens is 530 g/mol. The van der Waals surface area contributed by atoms with Crippen LogP contribution < -0.4 is 5.32 Å². The van der Waals surface area contributed by atoms with Crippen LogP contribution in [0.3, 0.4) is 0 Å². The summed E-state index contributed by atoms with van der Waals surface area (Å²) in [6.45, 7) is 3.55. The number of nitrogens with zero attached hydrogens (tertiary/aromatic N) is 3. The normalized spacial score (nSPS) is 13.2. The molecule has 1 aliphatic carbocycles. The van der Waals surface area contributed by atoms with Crippen molar-refractivity contribution < 1.29 is 28.3 Å². The van der Waals surface area contributed by atoms with Crippen LogP contribution in [0.2, 0.25) is 0 Å². The minimum absolute atomic E-state index is 0.118. The summed E-state index contributed by atoms with van der Waals surface area (Å²) in [4.78, 5) is 39.7. The molecule has 0 spiro atoms. The zero-order chi connectivity index (χ0) is 29.5. The Balaban J connectivity index is 1.50. The Bertz CT molecular complexity index is 1700. The minimum Gasteiger partial charge on any atom is -0.478 e. The summed E-state index contributed by atoms with van der Waals surface area (Å²) < 4.78 is 30.1. The lowest BCUT2D eigenvalue weighted by Gasteiger charge is -2.33. The zero-order valence-electron chi connectivity index (χ0n) is 22.7. The van der Waals surface area contributed by atoms with Gasteiger partial charge in [-0.3, -0.25) is 14.3 Å². The maximum atomic E-state index is 14.4. The molecule has 2 N–H and O–H groups in total. The first-order chi connectivity index (χ1) is 19.4. The van der Waals surface area contributed by atoms with Crippen molar-refractivity contribution in [3.63, 3.8) is 0 Å². The Morgan fingerprint density at radius 3 is 2.54 bits per heavy atom. The van der Waals surface area contributed by atoms with Gasteiger partial charge in [0.1, 0.15) is 18.2 Å². The van der Waals surface area contributed by atoms with Gasteiger partial charge < -0.3 is 15.3 Å². The molecule has 4 aromatic rings. The summed E-state index contributed by atoms with van der Waals surface area (Å²) in [5.41, 5.74) is 3.44. The Kier molecular flexibility index (Phi) is 7.17. The first kappa shape index (κ1) is 27.7. The van der Waals surface area contributed by atoms with Crippen molar-refractivity contribution in [2.75, 3.05) is 11.9 Å². The van der Waals surface area contributed by atoms with Gasteiger partial charge in [-0.2, -0.15) is 5.10 Å². The van der Waals surface area contributed by atoms with E-state index in [2.05, 4.69) is 30.3 Å². The van der Waals surface area contributed by atoms with E-state index in [1.807, 2.05) is 18.2 Å². The number of benzene rings is 3. The van der Waals surface area contributed by atoms with E-state index in [9.17, 15) is 28.3 Å². The number of carbonyl (C=O) groups is 3. The summed E-state index contributed by atoms with van der Waals surface area (Å²) >= 11 is 0. The van der Waals surface area contributed by atoms with Crippen LogP contribution in [0, 0.1) is 11.6 Å². The van der Waals surface area contributed by atoms with Gasteiger partial charge in [0, 0.05) is 24.7 Å². The molecule has 41 heavy (non-hydrogen) atoms. The maximum Gasteiger partial charge on any atom is 0.335 e. The standard InChI is InChI=1S/C31H28F2N4O4/c1-31(2)15-22-27(35-36(3)28(22)21-9-4-5-10-23(21)31)29(39)37(16-18-7-6-8-20(32)13-18)17-26(38)34-25-14-19(30(40)41)11-12-24(25)33/h4-14H,15-17H2,1-3H3,(H,34,38)(H,40,41). The van der Waals surface area contributed by atoms with Crippen LogP contribution in [-0.4, -0.2) is 44.1 Å². The third-order valence-electron chi connectivity index (χ3n) is 7.25. The topological polar surface area (TPSA) is 105 Å². The van der Waals surface area contributed by atoms with E-state index < -0.39 is 36.0 Å². The highest BCUT2D eigenvalue weighted by molar-refractivity contribution is 6.01. The highest BCUT2D eigenvalue weighted by Crippen LogP contribution is 2.44. The van der Waals surface area contributed by atoms with Crippen LogP contribution in [0.25, 0.3) is 11.3 Å². The average Bonchev–Trinajstić information content (AvgIpc) is 3.24. The summed E-state index contributed by atoms with van der Waals surface area (Å²) in [7, 11) is 1.76. The van der Waals surface area contributed by atoms with Crippen LogP contribution in [0.15, 0.2) is 66.7 Å². The van der Waals surface area contributed by atoms with E-state index in [4.69, 9.17) is 0 Å². The number of nitrogens with one attached hydrogen (secondary N) is 1. The number of fused-ring (bicyclic) bond motifs is 3. The molecule has 2 amide bonds. The van der Waals surface area contributed by atoms with E-state index in [-0.39, 0.29) is 28.9 Å². The van der Waals surface area contributed by atoms with Gasteiger partial charge >= 0.3 is 5.97 Å². The molecular formula is C31H28F2N4O4. The predicted molar refractivity (Wildman–Crippen MR) is 149 cm³/mol. The second kappa shape index (κ2) is 10.6. The molecule has 0 bridgehead atoms. The second-order valence-corrected chi connectivity index (χ2v) is 10.7. The number of aryl methyl sites for hydroxylation is 1. The van der Waals surface area contributed by atoms with Gasteiger partial charge in [0.25, 0.3) is 5.91 Å². The first-order valence-corrected chi connectivity index (χ1v) is 13.0. The lowest BCUT2D eigenvalue weighted by molar-refractivity contribution is -0.117. The van der Waals surface area contributed by atoms with Gasteiger partial charge in [0.2, 0.25) is 5.91 Å². The molecule has 3 aromatic carbocycles. The van der Waals surface area contributed by atoms with Crippen LogP contribution in [0.4, 0.5) is 14.5 Å². The number of aromatic carboxylic acids is 1. The number of anilines is 1. The third-order valence-corrected chi connectivity index (χ3v) is 7.25. The quantitative estimate of drug-likeness (QED) is 0.325. The van der Waals surface area contributed by atoms with Gasteiger partial charge in [0.15, 0.2) is 5.69 Å². The van der Waals surface area contributed by atoms with Crippen molar-refractivity contribution in [3.8, 4) is 11.3 Å². The molecule has 0 aliphatic heterocycles. The molecule has 1 aliphatic rings. The molecule has 0 saturated carbocycles. The largest absolute Gasteiger partial charge is 0.478 e. The van der Waals surface area contributed by atoms with Crippen molar-refractivity contribution in [2.45, 2.75) is 32.2 Å². The molecule has 10 heteroatoms. The number of aromatic nitrogens is 2. The van der Waals surface area contributed by atoms with Gasteiger partial charge in [-0.25, -0.2) is 13.6 Å². The molecule has 0 saturated heterocycles. The molecule has 1 aromatic heterocycles. The summed E-state index contributed by atoms with van der Waals surface area (Å²) in [5.74, 6) is -3.91. The van der Waals surface area contributed by atoms with Gasteiger partial charge in [-0.15, -0.1) is 0 Å². The summed E-state index contributed by atoms with van der Waals surface area (Å²) in [5, 5.41) is 16.2. The van der Waals surface area contributed by atoms with Crippen LogP contribution in [-0.2, 0) is 30.2 Å². The van der Waals surface area contributed by atoms with E-state index >= 15 is 0 Å². The fraction of sp³-hybridized carbons (Fsp3) is 0.226. The fourth-order valence-electron chi connectivity index (χ4n) is 5.38. The number of halogens is 2. The van der Waals surface area contributed by atoms with Crippen molar-refractivity contribution in [2.24, 2.45) is 7.05 Å². The molecule has 0 atom stereocenters. The van der Waals surface area contributed by atoms with Gasteiger partial charge in [-0.05, 0) is 53.3 Å². The third kappa shape index (κ3) is 5.45. The number of rotatable bonds is 7. The number of hydrogen-bond acceptors (Lipinski definition) is 4. The predicted octanol–water partition coefficient (Wildman–Crippen LogP) is 5.18. The SMILES string of the molecule is Cn1nc(C(=O)N(CC(=O)Nc2cc(C(=O)O)ccc2F)Cc2cccc(F)c2)c2c1-c1ccccc1C(C)(C)C2. The van der Waals surface area contributed by atoms with Gasteiger partial charge in [0.05, 0.1) is 16.9 Å². The molecule has 5 rings (SSSR count). The molecule has 0 fully saturated rings. The highest BCUT2D eigenvalue weighted by atomic mass is 19.1. The van der Waals surface area contributed by atoms with Crippen molar-refractivity contribution in [3.05, 3.63) is 106 Å². The molecule has 8 nitrogen and oxygen atoms in total. The molecule has 0 radical (unpaired) electrons. The smallest absolute Gasteiger partial charge is 0.335 e. The maximum absolute atomic E-state index is 14.4. The van der Waals surface area contributed by atoms with E-state index in [1.54, 1.807) is 17.8 Å². The number of hydrogen-bond donors (Lipinski definition) is 2. The van der Waals surface area contributed by atoms with Crippen molar-refractivity contribution in [1.29, 1.82) is 0 Å². The lowest BCUT2D eigenvalue weighted by atomic mass is 9.71. The average molecular weight is 559 g/mol. The highest BCUT2D eigenvalue weighted by Gasteiger charge is 2.37. The van der Waals surface area contributed by atoms with E-state index in [1.165, 1.54) is 23.1 Å². The monoisotopic (exact) mass is 558 g/mol. The number of carboxylic acids is 1. The molecule has 1 heterocycles. The van der Waals surface area contributed by atoms with Crippen LogP contribution in [0.1, 0.15) is 51.4 Å². The number of carbonyl (C=O) groups excluding carboxylic acids is 2.